The first-order valence-electron chi connectivity index (χ1n) is 5.27. The lowest BCUT2D eigenvalue weighted by Gasteiger charge is -2.09. The van der Waals surface area contributed by atoms with Crippen LogP contribution in [0, 0.1) is 17.2 Å². The molecule has 86 valence electrons. The van der Waals surface area contributed by atoms with Crippen LogP contribution in [0.15, 0.2) is 24.3 Å². The first kappa shape index (κ1) is 11.1. The van der Waals surface area contributed by atoms with Gasteiger partial charge >= 0.3 is 5.97 Å². The molecule has 0 amide bonds. The van der Waals surface area contributed by atoms with Crippen LogP contribution in [0.5, 0.6) is 0 Å². The standard InChI is InChI=1S/C12H14FNO2/c13-10-4-2-1-3-8(10)5-9-6-12(9,7-14)11(15)16/h1-4,9H,5-7,14H2,(H,15,16). The largest absolute Gasteiger partial charge is 0.481 e. The molecular formula is C12H14FNO2. The highest BCUT2D eigenvalue weighted by molar-refractivity contribution is 5.79. The van der Waals surface area contributed by atoms with Gasteiger partial charge in [0.25, 0.3) is 0 Å². The minimum atomic E-state index is -0.865. The monoisotopic (exact) mass is 223 g/mol. The Morgan fingerprint density at radius 1 is 1.56 bits per heavy atom. The molecule has 0 aliphatic heterocycles. The molecule has 2 atom stereocenters. The lowest BCUT2D eigenvalue weighted by molar-refractivity contribution is -0.143. The van der Waals surface area contributed by atoms with Crippen molar-refractivity contribution < 1.29 is 14.3 Å². The second-order valence-corrected chi connectivity index (χ2v) is 4.36. The van der Waals surface area contributed by atoms with Gasteiger partial charge in [0.05, 0.1) is 5.41 Å². The Kier molecular flexibility index (Phi) is 2.68. The van der Waals surface area contributed by atoms with E-state index < -0.39 is 11.4 Å². The van der Waals surface area contributed by atoms with Crippen LogP contribution in [0.1, 0.15) is 12.0 Å². The van der Waals surface area contributed by atoms with E-state index in [2.05, 4.69) is 0 Å². The molecule has 0 radical (unpaired) electrons. The highest BCUT2D eigenvalue weighted by Crippen LogP contribution is 2.53. The van der Waals surface area contributed by atoms with Gasteiger partial charge in [0.15, 0.2) is 0 Å². The molecule has 1 aliphatic rings. The summed E-state index contributed by atoms with van der Waals surface area (Å²) >= 11 is 0. The number of carboxylic acids is 1. The topological polar surface area (TPSA) is 63.3 Å². The number of carboxylic acid groups (broad SMARTS) is 1. The SMILES string of the molecule is NCC1(C(=O)O)CC1Cc1ccccc1F. The van der Waals surface area contributed by atoms with Crippen molar-refractivity contribution in [2.45, 2.75) is 12.8 Å². The zero-order valence-corrected chi connectivity index (χ0v) is 8.82. The van der Waals surface area contributed by atoms with Crippen LogP contribution in [0.3, 0.4) is 0 Å². The highest BCUT2D eigenvalue weighted by Gasteiger charge is 2.59. The van der Waals surface area contributed by atoms with Crippen molar-refractivity contribution in [1.29, 1.82) is 0 Å². The smallest absolute Gasteiger partial charge is 0.311 e. The number of nitrogens with two attached hydrogens (primary N) is 1. The van der Waals surface area contributed by atoms with Crippen molar-refractivity contribution in [3.8, 4) is 0 Å². The van der Waals surface area contributed by atoms with Crippen molar-refractivity contribution in [2.75, 3.05) is 6.54 Å². The Morgan fingerprint density at radius 3 is 2.75 bits per heavy atom. The number of rotatable bonds is 4. The fourth-order valence-corrected chi connectivity index (χ4v) is 2.18. The molecule has 3 nitrogen and oxygen atoms in total. The van der Waals surface area contributed by atoms with E-state index in [4.69, 9.17) is 10.8 Å². The molecule has 16 heavy (non-hydrogen) atoms. The average Bonchev–Trinajstić information content (AvgIpc) is 2.96. The Balaban J connectivity index is 2.09. The van der Waals surface area contributed by atoms with Crippen LogP contribution in [0.25, 0.3) is 0 Å². The molecule has 1 saturated carbocycles. The first-order chi connectivity index (χ1) is 7.60. The van der Waals surface area contributed by atoms with Crippen molar-refractivity contribution in [3.63, 3.8) is 0 Å². The second-order valence-electron chi connectivity index (χ2n) is 4.36. The van der Waals surface area contributed by atoms with Crippen molar-refractivity contribution in [1.82, 2.24) is 0 Å². The van der Waals surface area contributed by atoms with Gasteiger partial charge in [-0.15, -0.1) is 0 Å². The molecule has 1 fully saturated rings. The molecule has 0 spiro atoms. The molecule has 1 aliphatic carbocycles. The minimum absolute atomic E-state index is 0.0353. The molecule has 1 aromatic rings. The van der Waals surface area contributed by atoms with Gasteiger partial charge < -0.3 is 10.8 Å². The third kappa shape index (κ3) is 1.69. The summed E-state index contributed by atoms with van der Waals surface area (Å²) in [5.74, 6) is -1.17. The predicted octanol–water partition coefficient (Wildman–Crippen LogP) is 1.42. The normalized spacial score (nSPS) is 27.8. The van der Waals surface area contributed by atoms with Gasteiger partial charge in [0, 0.05) is 6.54 Å². The third-order valence-corrected chi connectivity index (χ3v) is 3.45. The molecule has 0 saturated heterocycles. The Labute approximate surface area is 93.1 Å². The molecule has 0 bridgehead atoms. The van der Waals surface area contributed by atoms with Crippen LogP contribution in [0.4, 0.5) is 4.39 Å². The van der Waals surface area contributed by atoms with Gasteiger partial charge in [-0.2, -0.15) is 0 Å². The van der Waals surface area contributed by atoms with Gasteiger partial charge in [-0.3, -0.25) is 4.79 Å². The van der Waals surface area contributed by atoms with Crippen LogP contribution in [-0.2, 0) is 11.2 Å². The van der Waals surface area contributed by atoms with E-state index in [0.29, 0.717) is 18.4 Å². The third-order valence-electron chi connectivity index (χ3n) is 3.45. The van der Waals surface area contributed by atoms with Crippen LogP contribution < -0.4 is 5.73 Å². The summed E-state index contributed by atoms with van der Waals surface area (Å²) in [6, 6.07) is 6.46. The van der Waals surface area contributed by atoms with E-state index in [1.165, 1.54) is 6.07 Å². The summed E-state index contributed by atoms with van der Waals surface area (Å²) in [5.41, 5.74) is 5.23. The van der Waals surface area contributed by atoms with E-state index in [-0.39, 0.29) is 18.3 Å². The van der Waals surface area contributed by atoms with Gasteiger partial charge in [-0.1, -0.05) is 18.2 Å². The Morgan fingerprint density at radius 2 is 2.25 bits per heavy atom. The van der Waals surface area contributed by atoms with Crippen LogP contribution in [-0.4, -0.2) is 17.6 Å². The summed E-state index contributed by atoms with van der Waals surface area (Å²) in [7, 11) is 0. The maximum atomic E-state index is 13.4. The Bertz CT molecular complexity index is 421. The zero-order valence-electron chi connectivity index (χ0n) is 8.82. The lowest BCUT2D eigenvalue weighted by Crippen LogP contribution is -2.27. The van der Waals surface area contributed by atoms with Gasteiger partial charge in [-0.25, -0.2) is 4.39 Å². The van der Waals surface area contributed by atoms with Gasteiger partial charge in [-0.05, 0) is 30.4 Å². The minimum Gasteiger partial charge on any atom is -0.481 e. The van der Waals surface area contributed by atoms with Crippen molar-refractivity contribution in [3.05, 3.63) is 35.6 Å². The van der Waals surface area contributed by atoms with Gasteiger partial charge in [0.2, 0.25) is 0 Å². The summed E-state index contributed by atoms with van der Waals surface area (Å²) in [4.78, 5) is 11.0. The number of carbonyl (C=O) groups is 1. The van der Waals surface area contributed by atoms with E-state index in [1.807, 2.05) is 0 Å². The highest BCUT2D eigenvalue weighted by atomic mass is 19.1. The summed E-state index contributed by atoms with van der Waals surface area (Å²) in [6.07, 6.45) is 1.00. The lowest BCUT2D eigenvalue weighted by atomic mass is 9.99. The number of benzene rings is 1. The summed E-state index contributed by atoms with van der Waals surface area (Å²) in [5, 5.41) is 9.05. The molecule has 0 heterocycles. The molecule has 2 unspecified atom stereocenters. The van der Waals surface area contributed by atoms with Crippen molar-refractivity contribution >= 4 is 5.97 Å². The van der Waals surface area contributed by atoms with E-state index >= 15 is 0 Å². The zero-order chi connectivity index (χ0) is 11.8. The molecular weight excluding hydrogens is 209 g/mol. The van der Waals surface area contributed by atoms with E-state index in [0.717, 1.165) is 0 Å². The average molecular weight is 223 g/mol. The molecule has 4 heteroatoms. The Hall–Kier alpha value is -1.42. The second kappa shape index (κ2) is 3.87. The molecule has 0 aromatic heterocycles. The number of hydrogen-bond donors (Lipinski definition) is 2. The molecule has 1 aromatic carbocycles. The van der Waals surface area contributed by atoms with Gasteiger partial charge in [0.1, 0.15) is 5.82 Å². The maximum absolute atomic E-state index is 13.4. The summed E-state index contributed by atoms with van der Waals surface area (Å²) in [6.45, 7) is 0.126. The molecule has 3 N–H and O–H groups in total. The van der Waals surface area contributed by atoms with Crippen LogP contribution >= 0.6 is 0 Å². The summed E-state index contributed by atoms with van der Waals surface area (Å²) < 4.78 is 13.4. The number of aliphatic carboxylic acids is 1. The fourth-order valence-electron chi connectivity index (χ4n) is 2.18. The predicted molar refractivity (Wildman–Crippen MR) is 57.3 cm³/mol. The molecule has 2 rings (SSSR count). The number of halogens is 1. The first-order valence-corrected chi connectivity index (χ1v) is 5.27. The van der Waals surface area contributed by atoms with Crippen LogP contribution in [0.2, 0.25) is 0 Å². The van der Waals surface area contributed by atoms with E-state index in [9.17, 15) is 9.18 Å². The maximum Gasteiger partial charge on any atom is 0.311 e. The quantitative estimate of drug-likeness (QED) is 0.811. The van der Waals surface area contributed by atoms with E-state index in [1.54, 1.807) is 18.2 Å². The van der Waals surface area contributed by atoms with Crippen molar-refractivity contribution in [2.24, 2.45) is 17.1 Å². The number of hydrogen-bond acceptors (Lipinski definition) is 2. The fraction of sp³-hybridized carbons (Fsp3) is 0.417.